The molecule has 1 heterocycles. The molecule has 3 N–H and O–H groups in total. The molecule has 0 radical (unpaired) electrons. The summed E-state index contributed by atoms with van der Waals surface area (Å²) >= 11 is 0. The maximum absolute atomic E-state index is 7.30. The van der Waals surface area contributed by atoms with Crippen LogP contribution in [0.1, 0.15) is 6.92 Å². The van der Waals surface area contributed by atoms with E-state index in [2.05, 4.69) is 10.00 Å². The second-order valence-electron chi connectivity index (χ2n) is 3.89. The standard InChI is InChI=1S/C10H19N5/c1-9(10(11)12)8-14(2)6-7-15-5-3-4-13-15/h3-5,9H,6-8H2,1-2H3,(H3,11,12). The van der Waals surface area contributed by atoms with E-state index in [9.17, 15) is 0 Å². The third-order valence-corrected chi connectivity index (χ3v) is 2.39. The van der Waals surface area contributed by atoms with Crippen molar-refractivity contribution in [3.05, 3.63) is 18.5 Å². The van der Waals surface area contributed by atoms with Gasteiger partial charge in [0.25, 0.3) is 0 Å². The van der Waals surface area contributed by atoms with E-state index in [1.807, 2.05) is 30.9 Å². The van der Waals surface area contributed by atoms with Crippen molar-refractivity contribution < 1.29 is 0 Å². The molecule has 0 aliphatic heterocycles. The molecule has 0 bridgehead atoms. The highest BCUT2D eigenvalue weighted by Crippen LogP contribution is 1.97. The third kappa shape index (κ3) is 4.12. The summed E-state index contributed by atoms with van der Waals surface area (Å²) in [7, 11) is 2.03. The molecular formula is C10H19N5. The number of aromatic nitrogens is 2. The van der Waals surface area contributed by atoms with Gasteiger partial charge in [0.2, 0.25) is 0 Å². The lowest BCUT2D eigenvalue weighted by Gasteiger charge is -2.20. The maximum Gasteiger partial charge on any atom is 0.0947 e. The highest BCUT2D eigenvalue weighted by Gasteiger charge is 2.08. The van der Waals surface area contributed by atoms with Gasteiger partial charge in [-0.3, -0.25) is 10.1 Å². The Bertz CT molecular complexity index is 293. The lowest BCUT2D eigenvalue weighted by molar-refractivity contribution is 0.295. The number of nitrogens with two attached hydrogens (primary N) is 1. The molecule has 0 saturated heterocycles. The number of hydrogen-bond acceptors (Lipinski definition) is 3. The smallest absolute Gasteiger partial charge is 0.0947 e. The summed E-state index contributed by atoms with van der Waals surface area (Å²) < 4.78 is 1.90. The van der Waals surface area contributed by atoms with Crippen LogP contribution >= 0.6 is 0 Å². The molecule has 0 aliphatic carbocycles. The number of nitrogens with zero attached hydrogens (tertiary/aromatic N) is 3. The summed E-state index contributed by atoms with van der Waals surface area (Å²) in [5.74, 6) is 0.369. The van der Waals surface area contributed by atoms with Crippen LogP contribution in [0.3, 0.4) is 0 Å². The van der Waals surface area contributed by atoms with Crippen LogP contribution in [0, 0.1) is 11.3 Å². The first-order valence-electron chi connectivity index (χ1n) is 5.09. The topological polar surface area (TPSA) is 70.9 Å². The first kappa shape index (κ1) is 11.7. The van der Waals surface area contributed by atoms with Gasteiger partial charge in [-0.2, -0.15) is 5.10 Å². The Morgan fingerprint density at radius 2 is 2.40 bits per heavy atom. The lowest BCUT2D eigenvalue weighted by Crippen LogP contribution is -2.33. The zero-order chi connectivity index (χ0) is 11.3. The molecule has 1 aromatic rings. The van der Waals surface area contributed by atoms with E-state index < -0.39 is 0 Å². The predicted molar refractivity (Wildman–Crippen MR) is 60.8 cm³/mol. The number of hydrogen-bond donors (Lipinski definition) is 2. The number of nitrogens with one attached hydrogen (secondary N) is 1. The minimum absolute atomic E-state index is 0.118. The van der Waals surface area contributed by atoms with Crippen molar-refractivity contribution in [1.29, 1.82) is 5.41 Å². The molecule has 1 aromatic heterocycles. The average molecular weight is 209 g/mol. The zero-order valence-electron chi connectivity index (χ0n) is 9.35. The van der Waals surface area contributed by atoms with Crippen molar-refractivity contribution in [2.75, 3.05) is 20.1 Å². The van der Waals surface area contributed by atoms with Gasteiger partial charge in [-0.25, -0.2) is 0 Å². The summed E-state index contributed by atoms with van der Waals surface area (Å²) in [6, 6.07) is 1.91. The lowest BCUT2D eigenvalue weighted by atomic mass is 10.1. The fraction of sp³-hybridized carbons (Fsp3) is 0.600. The first-order chi connectivity index (χ1) is 7.09. The molecule has 1 unspecified atom stereocenters. The maximum atomic E-state index is 7.30. The van der Waals surface area contributed by atoms with Gasteiger partial charge >= 0.3 is 0 Å². The molecule has 84 valence electrons. The molecule has 0 aliphatic rings. The second kappa shape index (κ2) is 5.50. The highest BCUT2D eigenvalue weighted by molar-refractivity contribution is 5.79. The molecule has 0 saturated carbocycles. The Kier molecular flexibility index (Phi) is 4.30. The Labute approximate surface area is 90.4 Å². The molecule has 1 rings (SSSR count). The normalized spacial score (nSPS) is 13.0. The van der Waals surface area contributed by atoms with Gasteiger partial charge in [0.15, 0.2) is 0 Å². The Morgan fingerprint density at radius 3 is 2.93 bits per heavy atom. The van der Waals surface area contributed by atoms with Crippen molar-refractivity contribution >= 4 is 5.84 Å². The van der Waals surface area contributed by atoms with Crippen LogP contribution in [0.5, 0.6) is 0 Å². The van der Waals surface area contributed by atoms with Crippen molar-refractivity contribution in [3.63, 3.8) is 0 Å². The van der Waals surface area contributed by atoms with Crippen LogP contribution in [0.15, 0.2) is 18.5 Å². The molecule has 5 nitrogen and oxygen atoms in total. The van der Waals surface area contributed by atoms with Crippen LogP contribution in [0.25, 0.3) is 0 Å². The molecule has 0 aromatic carbocycles. The van der Waals surface area contributed by atoms with Crippen LogP contribution in [0.2, 0.25) is 0 Å². The minimum atomic E-state index is 0.118. The second-order valence-corrected chi connectivity index (χ2v) is 3.89. The molecule has 0 spiro atoms. The van der Waals surface area contributed by atoms with Crippen LogP contribution < -0.4 is 5.73 Å². The monoisotopic (exact) mass is 209 g/mol. The van der Waals surface area contributed by atoms with Gasteiger partial charge in [-0.05, 0) is 13.1 Å². The summed E-state index contributed by atoms with van der Waals surface area (Å²) in [5.41, 5.74) is 5.41. The fourth-order valence-electron chi connectivity index (χ4n) is 1.36. The van der Waals surface area contributed by atoms with Crippen molar-refractivity contribution in [2.45, 2.75) is 13.5 Å². The van der Waals surface area contributed by atoms with Gasteiger partial charge in [-0.15, -0.1) is 0 Å². The Morgan fingerprint density at radius 1 is 1.67 bits per heavy atom. The Hall–Kier alpha value is -1.36. The molecule has 15 heavy (non-hydrogen) atoms. The fourth-order valence-corrected chi connectivity index (χ4v) is 1.36. The first-order valence-corrected chi connectivity index (χ1v) is 5.09. The third-order valence-electron chi connectivity index (χ3n) is 2.39. The summed E-state index contributed by atoms with van der Waals surface area (Å²) in [6.07, 6.45) is 3.72. The van der Waals surface area contributed by atoms with Gasteiger partial charge in [-0.1, -0.05) is 6.92 Å². The average Bonchev–Trinajstić information content (AvgIpc) is 2.66. The highest BCUT2D eigenvalue weighted by atomic mass is 15.3. The summed E-state index contributed by atoms with van der Waals surface area (Å²) in [4.78, 5) is 2.16. The number of likely N-dealkylation sites (N-methyl/N-ethyl adjacent to an activating group) is 1. The number of amidine groups is 1. The number of rotatable bonds is 6. The molecule has 5 heteroatoms. The van der Waals surface area contributed by atoms with Gasteiger partial charge < -0.3 is 10.6 Å². The van der Waals surface area contributed by atoms with E-state index in [0.29, 0.717) is 0 Å². The molecule has 0 fully saturated rings. The molecule has 1 atom stereocenters. The van der Waals surface area contributed by atoms with Crippen molar-refractivity contribution in [1.82, 2.24) is 14.7 Å². The largest absolute Gasteiger partial charge is 0.387 e. The quantitative estimate of drug-likeness (QED) is 0.526. The van der Waals surface area contributed by atoms with Crippen LogP contribution in [-0.2, 0) is 6.54 Å². The van der Waals surface area contributed by atoms with Crippen molar-refractivity contribution in [2.24, 2.45) is 11.7 Å². The van der Waals surface area contributed by atoms with E-state index in [1.54, 1.807) is 6.20 Å². The van der Waals surface area contributed by atoms with E-state index in [0.717, 1.165) is 19.6 Å². The SMILES string of the molecule is CC(CN(C)CCn1cccn1)C(=N)N. The minimum Gasteiger partial charge on any atom is -0.387 e. The van der Waals surface area contributed by atoms with Crippen LogP contribution in [0.4, 0.5) is 0 Å². The van der Waals surface area contributed by atoms with E-state index in [4.69, 9.17) is 11.1 Å². The Balaban J connectivity index is 2.24. The van der Waals surface area contributed by atoms with Gasteiger partial charge in [0.1, 0.15) is 0 Å². The van der Waals surface area contributed by atoms with E-state index >= 15 is 0 Å². The molecule has 0 amide bonds. The van der Waals surface area contributed by atoms with E-state index in [1.165, 1.54) is 0 Å². The summed E-state index contributed by atoms with van der Waals surface area (Å²) in [5, 5.41) is 11.4. The molecular weight excluding hydrogens is 190 g/mol. The zero-order valence-corrected chi connectivity index (χ0v) is 9.35. The van der Waals surface area contributed by atoms with Crippen molar-refractivity contribution in [3.8, 4) is 0 Å². The van der Waals surface area contributed by atoms with Gasteiger partial charge in [0.05, 0.1) is 12.4 Å². The van der Waals surface area contributed by atoms with Gasteiger partial charge in [0, 0.05) is 31.4 Å². The summed E-state index contributed by atoms with van der Waals surface area (Å²) in [6.45, 7) is 4.57. The van der Waals surface area contributed by atoms with Crippen LogP contribution in [-0.4, -0.2) is 40.7 Å². The van der Waals surface area contributed by atoms with E-state index in [-0.39, 0.29) is 11.8 Å². The predicted octanol–water partition coefficient (Wildman–Crippen LogP) is 0.387.